The fourth-order valence-electron chi connectivity index (χ4n) is 1.10. The van der Waals surface area contributed by atoms with Gasteiger partial charge < -0.3 is 18.7 Å². The number of esters is 1. The van der Waals surface area contributed by atoms with Crippen molar-refractivity contribution in [2.75, 3.05) is 47.6 Å². The molecule has 0 bridgehead atoms. The van der Waals surface area contributed by atoms with Gasteiger partial charge in [-0.1, -0.05) is 6.92 Å². The number of carbonyl (C=O) groups excluding carboxylic acids is 1. The van der Waals surface area contributed by atoms with Crippen molar-refractivity contribution in [3.63, 3.8) is 0 Å². The van der Waals surface area contributed by atoms with Gasteiger partial charge in [0.2, 0.25) is 0 Å². The van der Waals surface area contributed by atoms with Crippen molar-refractivity contribution in [3.05, 3.63) is 0 Å². The second-order valence-corrected chi connectivity index (χ2v) is 6.35. The van der Waals surface area contributed by atoms with Crippen LogP contribution in [0.5, 0.6) is 0 Å². The molecule has 1 unspecified atom stereocenters. The maximum Gasteiger partial charge on any atom is 0.331 e. The SMILES string of the molecule is COP(=O)(CC(C)C(=O)OCCN(C)C)OC. The molecule has 0 aromatic heterocycles. The van der Waals surface area contributed by atoms with Crippen LogP contribution in [0.1, 0.15) is 6.92 Å². The highest BCUT2D eigenvalue weighted by atomic mass is 31.2. The second kappa shape index (κ2) is 7.82. The Hall–Kier alpha value is -0.420. The van der Waals surface area contributed by atoms with Gasteiger partial charge in [-0.05, 0) is 14.1 Å². The Labute approximate surface area is 103 Å². The molecule has 0 N–H and O–H groups in total. The highest BCUT2D eigenvalue weighted by Gasteiger charge is 2.28. The summed E-state index contributed by atoms with van der Waals surface area (Å²) in [6, 6.07) is 0. The summed E-state index contributed by atoms with van der Waals surface area (Å²) in [7, 11) is 3.23. The highest BCUT2D eigenvalue weighted by Crippen LogP contribution is 2.47. The van der Waals surface area contributed by atoms with Gasteiger partial charge in [-0.15, -0.1) is 0 Å². The van der Waals surface area contributed by atoms with Gasteiger partial charge in [-0.25, -0.2) is 0 Å². The molecule has 0 aromatic carbocycles. The minimum Gasteiger partial charge on any atom is -0.464 e. The van der Waals surface area contributed by atoms with Gasteiger partial charge in [-0.2, -0.15) is 0 Å². The van der Waals surface area contributed by atoms with E-state index in [-0.39, 0.29) is 12.1 Å². The van der Waals surface area contributed by atoms with Crippen LogP contribution in [0.3, 0.4) is 0 Å². The number of likely N-dealkylation sites (N-methyl/N-ethyl adjacent to an activating group) is 1. The third-order valence-electron chi connectivity index (χ3n) is 2.24. The summed E-state index contributed by atoms with van der Waals surface area (Å²) in [6.07, 6.45) is 0.0286. The molecular weight excluding hydrogens is 245 g/mol. The summed E-state index contributed by atoms with van der Waals surface area (Å²) in [4.78, 5) is 13.5. The van der Waals surface area contributed by atoms with E-state index in [1.54, 1.807) is 6.92 Å². The van der Waals surface area contributed by atoms with Gasteiger partial charge in [0, 0.05) is 20.8 Å². The Bertz CT molecular complexity index is 274. The summed E-state index contributed by atoms with van der Waals surface area (Å²) < 4.78 is 26.4. The molecule has 1 atom stereocenters. The number of hydrogen-bond donors (Lipinski definition) is 0. The molecule has 6 nitrogen and oxygen atoms in total. The third kappa shape index (κ3) is 6.78. The molecule has 7 heteroatoms. The van der Waals surface area contributed by atoms with E-state index in [0.29, 0.717) is 13.2 Å². The van der Waals surface area contributed by atoms with Gasteiger partial charge >= 0.3 is 13.6 Å². The predicted octanol–water partition coefficient (Wildman–Crippen LogP) is 1.21. The van der Waals surface area contributed by atoms with E-state index >= 15 is 0 Å². The number of hydrogen-bond acceptors (Lipinski definition) is 6. The van der Waals surface area contributed by atoms with E-state index in [2.05, 4.69) is 0 Å². The van der Waals surface area contributed by atoms with Crippen molar-refractivity contribution < 1.29 is 23.1 Å². The van der Waals surface area contributed by atoms with E-state index in [9.17, 15) is 9.36 Å². The van der Waals surface area contributed by atoms with Gasteiger partial charge in [0.25, 0.3) is 0 Å². The quantitative estimate of drug-likeness (QED) is 0.486. The van der Waals surface area contributed by atoms with Gasteiger partial charge in [-0.3, -0.25) is 9.36 Å². The normalized spacial score (nSPS) is 13.8. The Kier molecular flexibility index (Phi) is 7.63. The minimum atomic E-state index is -3.15. The summed E-state index contributed by atoms with van der Waals surface area (Å²) in [5.41, 5.74) is 0. The average Bonchev–Trinajstić information content (AvgIpc) is 2.28. The molecule has 0 saturated carbocycles. The maximum absolute atomic E-state index is 11.8. The molecule has 0 radical (unpaired) electrons. The summed E-state index contributed by atoms with van der Waals surface area (Å²) >= 11 is 0. The van der Waals surface area contributed by atoms with Gasteiger partial charge in [0.15, 0.2) is 0 Å². The zero-order valence-corrected chi connectivity index (χ0v) is 12.0. The monoisotopic (exact) mass is 267 g/mol. The zero-order chi connectivity index (χ0) is 13.5. The largest absolute Gasteiger partial charge is 0.464 e. The van der Waals surface area contributed by atoms with Crippen LogP contribution in [0.25, 0.3) is 0 Å². The molecule has 0 fully saturated rings. The van der Waals surface area contributed by atoms with Crippen molar-refractivity contribution >= 4 is 13.6 Å². The van der Waals surface area contributed by atoms with Crippen LogP contribution in [-0.4, -0.2) is 58.5 Å². The second-order valence-electron chi connectivity index (χ2n) is 4.03. The molecule has 0 aromatic rings. The fraction of sp³-hybridized carbons (Fsp3) is 0.900. The number of carbonyl (C=O) groups is 1. The molecule has 0 amide bonds. The van der Waals surface area contributed by atoms with E-state index < -0.39 is 13.5 Å². The molecular formula is C10H22NO5P. The third-order valence-corrected chi connectivity index (χ3v) is 4.35. The van der Waals surface area contributed by atoms with Crippen molar-refractivity contribution in [1.29, 1.82) is 0 Å². The number of nitrogens with zero attached hydrogens (tertiary/aromatic N) is 1. The first-order chi connectivity index (χ1) is 7.84. The summed E-state index contributed by atoms with van der Waals surface area (Å²) in [5.74, 6) is -0.899. The Morgan fingerprint density at radius 1 is 1.29 bits per heavy atom. The van der Waals surface area contributed by atoms with Crippen LogP contribution in [0, 0.1) is 5.92 Å². The number of ether oxygens (including phenoxy) is 1. The van der Waals surface area contributed by atoms with Crippen LogP contribution in [0.15, 0.2) is 0 Å². The van der Waals surface area contributed by atoms with Crippen LogP contribution in [-0.2, 0) is 23.1 Å². The topological polar surface area (TPSA) is 65.1 Å². The smallest absolute Gasteiger partial charge is 0.331 e. The standard InChI is InChI=1S/C10H22NO5P/c1-9(8-17(13,14-4)15-5)10(12)16-7-6-11(2)3/h9H,6-8H2,1-5H3. The maximum atomic E-state index is 11.8. The van der Waals surface area contributed by atoms with Crippen molar-refractivity contribution in [2.24, 2.45) is 5.92 Å². The molecule has 0 rings (SSSR count). The molecule has 102 valence electrons. The molecule has 0 spiro atoms. The molecule has 0 aliphatic rings. The van der Waals surface area contributed by atoms with Crippen LogP contribution >= 0.6 is 7.60 Å². The lowest BCUT2D eigenvalue weighted by Gasteiger charge is -2.18. The van der Waals surface area contributed by atoms with Gasteiger partial charge in [0.05, 0.1) is 12.1 Å². The lowest BCUT2D eigenvalue weighted by atomic mass is 10.2. The molecule has 17 heavy (non-hydrogen) atoms. The zero-order valence-electron chi connectivity index (χ0n) is 11.1. The first-order valence-corrected chi connectivity index (χ1v) is 7.09. The Morgan fingerprint density at radius 2 is 1.82 bits per heavy atom. The predicted molar refractivity (Wildman–Crippen MR) is 65.2 cm³/mol. The van der Waals surface area contributed by atoms with E-state index in [1.807, 2.05) is 19.0 Å². The summed E-state index contributed by atoms with van der Waals surface area (Å²) in [5, 5.41) is 0. The summed E-state index contributed by atoms with van der Waals surface area (Å²) in [6.45, 7) is 2.62. The highest BCUT2D eigenvalue weighted by molar-refractivity contribution is 7.53. The van der Waals surface area contributed by atoms with Crippen molar-refractivity contribution in [2.45, 2.75) is 6.92 Å². The van der Waals surface area contributed by atoms with Crippen molar-refractivity contribution in [1.82, 2.24) is 4.90 Å². The first kappa shape index (κ1) is 16.6. The minimum absolute atomic E-state index is 0.0286. The molecule has 0 aliphatic heterocycles. The molecule has 0 heterocycles. The van der Waals surface area contributed by atoms with E-state index in [1.165, 1.54) is 14.2 Å². The van der Waals surface area contributed by atoms with Gasteiger partial charge in [0.1, 0.15) is 6.61 Å². The first-order valence-electron chi connectivity index (χ1n) is 5.36. The molecule has 0 saturated heterocycles. The van der Waals surface area contributed by atoms with Crippen LogP contribution in [0.4, 0.5) is 0 Å². The lowest BCUT2D eigenvalue weighted by molar-refractivity contribution is -0.147. The van der Waals surface area contributed by atoms with E-state index in [0.717, 1.165) is 0 Å². The number of rotatable bonds is 8. The average molecular weight is 267 g/mol. The van der Waals surface area contributed by atoms with Crippen LogP contribution < -0.4 is 0 Å². The van der Waals surface area contributed by atoms with E-state index in [4.69, 9.17) is 13.8 Å². The molecule has 0 aliphatic carbocycles. The van der Waals surface area contributed by atoms with Crippen molar-refractivity contribution in [3.8, 4) is 0 Å². The lowest BCUT2D eigenvalue weighted by Crippen LogP contribution is -2.24. The Balaban J connectivity index is 4.09. The Morgan fingerprint density at radius 3 is 2.24 bits per heavy atom. The fourth-order valence-corrected chi connectivity index (χ4v) is 2.37. The van der Waals surface area contributed by atoms with Crippen LogP contribution in [0.2, 0.25) is 0 Å².